The number of nitrogens with zero attached hydrogens (tertiary/aromatic N) is 2. The van der Waals surface area contributed by atoms with Gasteiger partial charge in [0, 0.05) is 61.6 Å². The number of aliphatic hydroxyl groups is 1. The topological polar surface area (TPSA) is 132 Å². The summed E-state index contributed by atoms with van der Waals surface area (Å²) in [4.78, 5) is 15.9. The van der Waals surface area contributed by atoms with Crippen molar-refractivity contribution in [2.24, 2.45) is 29.6 Å². The molecule has 6 rings (SSSR count). The number of sulfonamides is 1. The van der Waals surface area contributed by atoms with Crippen LogP contribution in [0.2, 0.25) is 0 Å². The minimum atomic E-state index is -3.94. The molecule has 1 saturated carbocycles. The maximum atomic E-state index is 13.9. The molecule has 4 aliphatic rings. The lowest BCUT2D eigenvalue weighted by Gasteiger charge is -2.44. The van der Waals surface area contributed by atoms with Crippen LogP contribution in [-0.2, 0) is 35.4 Å². The minimum Gasteiger partial charge on any atom is -0.462 e. The van der Waals surface area contributed by atoms with Crippen LogP contribution in [0.15, 0.2) is 59.5 Å². The van der Waals surface area contributed by atoms with Crippen LogP contribution in [0.3, 0.4) is 0 Å². The zero-order chi connectivity index (χ0) is 31.0. The largest absolute Gasteiger partial charge is 0.462 e. The molecule has 44 heavy (non-hydrogen) atoms. The van der Waals surface area contributed by atoms with E-state index in [0.717, 1.165) is 25.1 Å². The number of aliphatic hydroxyl groups excluding tert-OH is 1. The van der Waals surface area contributed by atoms with E-state index in [0.29, 0.717) is 31.4 Å². The molecule has 2 aromatic carbocycles. The Hall–Kier alpha value is -2.54. The highest BCUT2D eigenvalue weighted by Gasteiger charge is 2.56. The molecule has 4 fully saturated rings. The van der Waals surface area contributed by atoms with E-state index < -0.39 is 22.0 Å². The lowest BCUT2D eigenvalue weighted by Crippen LogP contribution is -2.55. The number of nitrogen functional groups attached to an aromatic ring is 1. The van der Waals surface area contributed by atoms with Crippen LogP contribution in [-0.4, -0.2) is 92.6 Å². The van der Waals surface area contributed by atoms with Crippen molar-refractivity contribution in [3.63, 3.8) is 0 Å². The summed E-state index contributed by atoms with van der Waals surface area (Å²) in [6, 6.07) is 16.2. The number of fused-ring (bicyclic) bond motifs is 1. The average molecular weight is 628 g/mol. The maximum Gasteiger partial charge on any atom is 0.306 e. The lowest BCUT2D eigenvalue weighted by atomic mass is 9.90. The van der Waals surface area contributed by atoms with E-state index in [-0.39, 0.29) is 66.4 Å². The molecule has 7 atom stereocenters. The summed E-state index contributed by atoms with van der Waals surface area (Å²) in [6.45, 7) is 7.02. The van der Waals surface area contributed by atoms with Crippen molar-refractivity contribution in [1.82, 2.24) is 9.21 Å². The third-order valence-electron chi connectivity index (χ3n) is 9.96. The Labute approximate surface area is 260 Å². The lowest BCUT2D eigenvalue weighted by molar-refractivity contribution is -0.178. The molecule has 2 bridgehead atoms. The first kappa shape index (κ1) is 31.4. The Morgan fingerprint density at radius 3 is 2.48 bits per heavy atom. The van der Waals surface area contributed by atoms with Crippen molar-refractivity contribution in [1.29, 1.82) is 0 Å². The maximum absolute atomic E-state index is 13.9. The third-order valence-corrected chi connectivity index (χ3v) is 11.8. The minimum absolute atomic E-state index is 0.0257. The van der Waals surface area contributed by atoms with Crippen molar-refractivity contribution in [2.45, 2.75) is 62.5 Å². The van der Waals surface area contributed by atoms with Gasteiger partial charge < -0.3 is 30.0 Å². The summed E-state index contributed by atoms with van der Waals surface area (Å²) < 4.78 is 46.9. The van der Waals surface area contributed by atoms with E-state index in [1.807, 2.05) is 30.3 Å². The van der Waals surface area contributed by atoms with Crippen LogP contribution in [0.5, 0.6) is 0 Å². The average Bonchev–Trinajstić information content (AvgIpc) is 3.50. The Morgan fingerprint density at radius 2 is 1.77 bits per heavy atom. The zero-order valence-electron chi connectivity index (χ0n) is 25.5. The first-order valence-corrected chi connectivity index (χ1v) is 17.3. The second kappa shape index (κ2) is 13.1. The van der Waals surface area contributed by atoms with E-state index in [2.05, 4.69) is 18.7 Å². The van der Waals surface area contributed by atoms with E-state index in [4.69, 9.17) is 19.9 Å². The number of carbonyl (C=O) groups excluding carboxylic acids is 1. The fourth-order valence-corrected chi connectivity index (χ4v) is 8.91. The molecule has 0 amide bonds. The van der Waals surface area contributed by atoms with Gasteiger partial charge >= 0.3 is 5.97 Å². The number of rotatable bonds is 13. The van der Waals surface area contributed by atoms with Crippen molar-refractivity contribution in [2.75, 3.05) is 45.1 Å². The molecule has 1 aliphatic carbocycles. The van der Waals surface area contributed by atoms with Crippen LogP contribution in [0.25, 0.3) is 0 Å². The molecule has 0 radical (unpaired) electrons. The first-order valence-electron chi connectivity index (χ1n) is 15.8. The second-order valence-electron chi connectivity index (χ2n) is 13.3. The fraction of sp³-hybridized carbons (Fsp3) is 0.606. The SMILES string of the molecule is CC(C)N1CC(CN(C[C@@H](O)[C@@H](CC(=O)OC2C3COC4OCC2C4C3)Cc2ccccc2)S(=O)(=O)c2ccc(N)cc2)C1. The van der Waals surface area contributed by atoms with Gasteiger partial charge in [0.2, 0.25) is 10.0 Å². The van der Waals surface area contributed by atoms with E-state index >= 15 is 0 Å². The number of ether oxygens (including phenoxy) is 3. The summed E-state index contributed by atoms with van der Waals surface area (Å²) in [7, 11) is -3.94. The molecule has 5 unspecified atom stereocenters. The molecule has 3 heterocycles. The Bertz CT molecular complexity index is 1380. The molecule has 3 N–H and O–H groups in total. The smallest absolute Gasteiger partial charge is 0.306 e. The van der Waals surface area contributed by atoms with Gasteiger partial charge in [-0.2, -0.15) is 4.31 Å². The molecule has 0 spiro atoms. The van der Waals surface area contributed by atoms with Crippen molar-refractivity contribution in [3.05, 3.63) is 60.2 Å². The van der Waals surface area contributed by atoms with Crippen LogP contribution >= 0.6 is 0 Å². The summed E-state index contributed by atoms with van der Waals surface area (Å²) in [5.41, 5.74) is 7.27. The molecule has 10 nitrogen and oxygen atoms in total. The van der Waals surface area contributed by atoms with Crippen LogP contribution in [0, 0.1) is 29.6 Å². The summed E-state index contributed by atoms with van der Waals surface area (Å²) in [5.74, 6) is -0.255. The molecule has 3 aliphatic heterocycles. The highest BCUT2D eigenvalue weighted by molar-refractivity contribution is 7.89. The molecule has 0 aromatic heterocycles. The highest BCUT2D eigenvalue weighted by atomic mass is 32.2. The second-order valence-corrected chi connectivity index (χ2v) is 15.3. The van der Waals surface area contributed by atoms with Gasteiger partial charge in [-0.3, -0.25) is 4.79 Å². The van der Waals surface area contributed by atoms with Crippen molar-refractivity contribution in [3.8, 4) is 0 Å². The van der Waals surface area contributed by atoms with Crippen LogP contribution in [0.4, 0.5) is 5.69 Å². The normalized spacial score (nSPS) is 28.2. The zero-order valence-corrected chi connectivity index (χ0v) is 26.3. The van der Waals surface area contributed by atoms with Gasteiger partial charge in [-0.25, -0.2) is 8.42 Å². The molecule has 11 heteroatoms. The van der Waals surface area contributed by atoms with E-state index in [9.17, 15) is 18.3 Å². The standard InChI is InChI=1S/C33H45N3O7S/c1-21(2)35-15-23(16-35)17-36(44(39,40)27-10-8-26(34)9-11-27)18-30(37)24(12-22-6-4-3-5-7-22)14-31(38)43-32-25-13-28-29(32)20-42-33(28)41-19-25/h3-11,21,23-25,28-30,32-33,37H,12-20,34H2,1-2H3/t24-,25?,28?,29?,30-,32?,33?/m1/s1. The Kier molecular flexibility index (Phi) is 9.33. The number of carbonyl (C=O) groups is 1. The van der Waals surface area contributed by atoms with E-state index in [1.165, 1.54) is 16.4 Å². The van der Waals surface area contributed by atoms with Gasteiger partial charge in [-0.05, 0) is 62.4 Å². The number of nitrogens with two attached hydrogens (primary N) is 1. The third kappa shape index (κ3) is 6.68. The molecular weight excluding hydrogens is 582 g/mol. The number of likely N-dealkylation sites (tertiary alicyclic amines) is 1. The number of hydrogen-bond acceptors (Lipinski definition) is 9. The van der Waals surface area contributed by atoms with E-state index in [1.54, 1.807) is 12.1 Å². The van der Waals surface area contributed by atoms with Gasteiger partial charge in [0.05, 0.1) is 30.6 Å². The summed E-state index contributed by atoms with van der Waals surface area (Å²) in [6.07, 6.45) is -0.257. The molecule has 240 valence electrons. The Balaban J connectivity index is 1.19. The number of anilines is 1. The summed E-state index contributed by atoms with van der Waals surface area (Å²) in [5, 5.41) is 11.7. The fourth-order valence-electron chi connectivity index (χ4n) is 7.38. The van der Waals surface area contributed by atoms with Crippen molar-refractivity contribution < 1.29 is 32.5 Å². The predicted octanol–water partition coefficient (Wildman–Crippen LogP) is 2.76. The number of benzene rings is 2. The van der Waals surface area contributed by atoms with Gasteiger partial charge in [-0.1, -0.05) is 30.3 Å². The quantitative estimate of drug-likeness (QED) is 0.254. The van der Waals surface area contributed by atoms with Crippen LogP contribution < -0.4 is 5.73 Å². The van der Waals surface area contributed by atoms with Gasteiger partial charge in [0.25, 0.3) is 0 Å². The molecule has 3 saturated heterocycles. The molecule has 2 aromatic rings. The highest BCUT2D eigenvalue weighted by Crippen LogP contribution is 2.49. The first-order chi connectivity index (χ1) is 21.1. The number of hydrogen-bond donors (Lipinski definition) is 2. The van der Waals surface area contributed by atoms with Crippen LogP contribution in [0.1, 0.15) is 32.3 Å². The monoisotopic (exact) mass is 627 g/mol. The summed E-state index contributed by atoms with van der Waals surface area (Å²) >= 11 is 0. The van der Waals surface area contributed by atoms with Gasteiger partial charge in [0.15, 0.2) is 6.29 Å². The molecular formula is C33H45N3O7S. The Morgan fingerprint density at radius 1 is 1.07 bits per heavy atom. The van der Waals surface area contributed by atoms with Crippen molar-refractivity contribution >= 4 is 21.7 Å². The van der Waals surface area contributed by atoms with Gasteiger partial charge in [0.1, 0.15) is 6.10 Å². The predicted molar refractivity (Wildman–Crippen MR) is 165 cm³/mol. The number of esters is 1. The van der Waals surface area contributed by atoms with Gasteiger partial charge in [-0.15, -0.1) is 0 Å².